The van der Waals surface area contributed by atoms with Crippen molar-refractivity contribution in [3.63, 3.8) is 0 Å². The molecule has 1 saturated heterocycles. The van der Waals surface area contributed by atoms with E-state index in [-0.39, 0.29) is 17.6 Å². The summed E-state index contributed by atoms with van der Waals surface area (Å²) in [6.45, 7) is 1.50. The third kappa shape index (κ3) is 4.16. The van der Waals surface area contributed by atoms with Crippen molar-refractivity contribution in [2.75, 3.05) is 13.7 Å². The second-order valence-electron chi connectivity index (χ2n) is 6.73. The van der Waals surface area contributed by atoms with Crippen LogP contribution in [0.1, 0.15) is 12.5 Å². The molecule has 0 aromatic heterocycles. The fourth-order valence-electron chi connectivity index (χ4n) is 3.39. The Bertz CT molecular complexity index is 729. The molecule has 8 heteroatoms. The highest BCUT2D eigenvalue weighted by Gasteiger charge is 2.46. The highest BCUT2D eigenvalue weighted by atomic mass is 16.7. The molecule has 1 aromatic carbocycles. The van der Waals surface area contributed by atoms with Gasteiger partial charge in [0.1, 0.15) is 36.3 Å². The summed E-state index contributed by atoms with van der Waals surface area (Å²) in [5, 5.41) is 40.2. The molecule has 4 N–H and O–H groups in total. The van der Waals surface area contributed by atoms with Gasteiger partial charge in [0.15, 0.2) is 11.5 Å². The molecule has 0 spiro atoms. The van der Waals surface area contributed by atoms with Crippen LogP contribution >= 0.6 is 0 Å². The van der Waals surface area contributed by atoms with Crippen molar-refractivity contribution in [3.8, 4) is 17.2 Å². The van der Waals surface area contributed by atoms with Crippen molar-refractivity contribution >= 4 is 0 Å². The third-order valence-corrected chi connectivity index (χ3v) is 4.78. The van der Waals surface area contributed by atoms with Crippen molar-refractivity contribution in [2.24, 2.45) is 0 Å². The highest BCUT2D eigenvalue weighted by molar-refractivity contribution is 5.53. The highest BCUT2D eigenvalue weighted by Crippen LogP contribution is 2.41. The number of fused-ring (bicyclic) bond motifs is 1. The summed E-state index contributed by atoms with van der Waals surface area (Å²) < 4.78 is 22.0. The molecule has 1 fully saturated rings. The van der Waals surface area contributed by atoms with Gasteiger partial charge in [-0.15, -0.1) is 0 Å². The summed E-state index contributed by atoms with van der Waals surface area (Å²) in [6, 6.07) is 3.05. The van der Waals surface area contributed by atoms with Gasteiger partial charge in [0.2, 0.25) is 6.29 Å². The maximum absolute atomic E-state index is 10.3. The monoisotopic (exact) mass is 394 g/mol. The molecule has 0 unspecified atom stereocenters. The van der Waals surface area contributed by atoms with Gasteiger partial charge < -0.3 is 39.4 Å². The van der Waals surface area contributed by atoms with Crippen molar-refractivity contribution in [3.05, 3.63) is 42.0 Å². The number of rotatable bonds is 6. The number of hydrogen-bond donors (Lipinski definition) is 4. The van der Waals surface area contributed by atoms with E-state index in [0.717, 1.165) is 5.56 Å². The van der Waals surface area contributed by atoms with Gasteiger partial charge in [0, 0.05) is 25.2 Å². The minimum Gasteiger partial charge on any atom is -0.504 e. The van der Waals surface area contributed by atoms with Gasteiger partial charge in [-0.1, -0.05) is 18.2 Å². The van der Waals surface area contributed by atoms with Crippen molar-refractivity contribution in [2.45, 2.75) is 50.2 Å². The topological polar surface area (TPSA) is 118 Å². The smallest absolute Gasteiger partial charge is 0.229 e. The number of allylic oxidation sites excluding steroid dienone is 3. The van der Waals surface area contributed by atoms with Crippen LogP contribution < -0.4 is 9.47 Å². The van der Waals surface area contributed by atoms with Gasteiger partial charge in [-0.2, -0.15) is 0 Å². The average Bonchev–Trinajstić information content (AvgIpc) is 3.09. The second kappa shape index (κ2) is 8.93. The standard InChI is InChI=1S/C20H26O8/c1-3-4-5-6-12-7-11-8-13(9-14(22)18(11)26-12)27-20-17(24)16(23)19(25-2)15(10-21)28-20/h3-6,8-9,12,15-17,19-24H,7,10H2,1-2H3/t12-,15+,16+,17+,19+,20+/m0/s1. The third-order valence-electron chi connectivity index (χ3n) is 4.78. The van der Waals surface area contributed by atoms with E-state index in [1.807, 2.05) is 31.2 Å². The summed E-state index contributed by atoms with van der Waals surface area (Å²) in [4.78, 5) is 0. The Labute approximate surface area is 163 Å². The molecule has 8 nitrogen and oxygen atoms in total. The van der Waals surface area contributed by atoms with E-state index in [9.17, 15) is 20.4 Å². The number of hydrogen-bond acceptors (Lipinski definition) is 8. The van der Waals surface area contributed by atoms with E-state index >= 15 is 0 Å². The number of ether oxygens (including phenoxy) is 4. The molecule has 2 aliphatic heterocycles. The average molecular weight is 394 g/mol. The number of phenolic OH excluding ortho intramolecular Hbond substituents is 1. The molecule has 3 rings (SSSR count). The molecule has 2 aliphatic rings. The number of aromatic hydroxyl groups is 1. The summed E-state index contributed by atoms with van der Waals surface area (Å²) in [5.41, 5.74) is 0.754. The van der Waals surface area contributed by atoms with Crippen LogP contribution in [0.5, 0.6) is 17.2 Å². The van der Waals surface area contributed by atoms with Crippen LogP contribution in [0.2, 0.25) is 0 Å². The molecule has 0 radical (unpaired) electrons. The maximum Gasteiger partial charge on any atom is 0.229 e. The molecule has 1 aromatic rings. The molecule has 0 aliphatic carbocycles. The van der Waals surface area contributed by atoms with Gasteiger partial charge in [-0.3, -0.25) is 0 Å². The van der Waals surface area contributed by atoms with Crippen LogP contribution in [0.15, 0.2) is 36.4 Å². The van der Waals surface area contributed by atoms with Gasteiger partial charge in [0.25, 0.3) is 0 Å². The Morgan fingerprint density at radius 1 is 1.21 bits per heavy atom. The SMILES string of the molecule is CC=CC=C[C@H]1Cc2cc(O[C@@H]3O[C@H](CO)[C@@H](OC)[C@H](O)[C@H]3O)cc(O)c2O1. The first-order valence-corrected chi connectivity index (χ1v) is 9.12. The number of methoxy groups -OCH3 is 1. The number of aliphatic hydroxyl groups is 3. The first-order valence-electron chi connectivity index (χ1n) is 9.12. The molecule has 0 saturated carbocycles. The van der Waals surface area contributed by atoms with E-state index in [1.54, 1.807) is 6.07 Å². The fourth-order valence-corrected chi connectivity index (χ4v) is 3.39. The first kappa shape index (κ1) is 20.6. The van der Waals surface area contributed by atoms with Gasteiger partial charge in [0.05, 0.1) is 6.61 Å². The van der Waals surface area contributed by atoms with Gasteiger partial charge in [-0.05, 0) is 19.1 Å². The lowest BCUT2D eigenvalue weighted by atomic mass is 9.99. The molecule has 0 bridgehead atoms. The number of aliphatic hydroxyl groups excluding tert-OH is 3. The minimum absolute atomic E-state index is 0.0891. The molecule has 28 heavy (non-hydrogen) atoms. The van der Waals surface area contributed by atoms with Crippen LogP contribution in [0.25, 0.3) is 0 Å². The number of benzene rings is 1. The fraction of sp³-hybridized carbons (Fsp3) is 0.500. The van der Waals surface area contributed by atoms with Crippen molar-refractivity contribution < 1.29 is 39.4 Å². The van der Waals surface area contributed by atoms with Crippen LogP contribution in [-0.4, -0.2) is 71.0 Å². The molecule has 6 atom stereocenters. The van der Waals surface area contributed by atoms with E-state index in [0.29, 0.717) is 12.2 Å². The summed E-state index contributed by atoms with van der Waals surface area (Å²) >= 11 is 0. The van der Waals surface area contributed by atoms with Crippen molar-refractivity contribution in [1.82, 2.24) is 0 Å². The van der Waals surface area contributed by atoms with E-state index in [2.05, 4.69) is 0 Å². The predicted molar refractivity (Wildman–Crippen MR) is 99.4 cm³/mol. The van der Waals surface area contributed by atoms with E-state index in [1.165, 1.54) is 13.2 Å². The van der Waals surface area contributed by atoms with Crippen LogP contribution in [0, 0.1) is 0 Å². The van der Waals surface area contributed by atoms with Crippen LogP contribution in [-0.2, 0) is 15.9 Å². The minimum atomic E-state index is -1.39. The molecule has 2 heterocycles. The summed E-state index contributed by atoms with van der Waals surface area (Å²) in [5.74, 6) is 0.552. The number of phenols is 1. The first-order chi connectivity index (χ1) is 13.5. The molecular weight excluding hydrogens is 368 g/mol. The molecular formula is C20H26O8. The zero-order valence-electron chi connectivity index (χ0n) is 15.8. The second-order valence-corrected chi connectivity index (χ2v) is 6.73. The Balaban J connectivity index is 1.74. The maximum atomic E-state index is 10.3. The lowest BCUT2D eigenvalue weighted by Gasteiger charge is -2.41. The Morgan fingerprint density at radius 2 is 2.00 bits per heavy atom. The lowest BCUT2D eigenvalue weighted by molar-refractivity contribution is -0.281. The quantitative estimate of drug-likeness (QED) is 0.520. The Morgan fingerprint density at radius 3 is 2.68 bits per heavy atom. The summed E-state index contributed by atoms with van der Waals surface area (Å²) in [7, 11) is 1.35. The predicted octanol–water partition coefficient (Wildman–Crippen LogP) is 0.661. The Kier molecular flexibility index (Phi) is 6.58. The summed E-state index contributed by atoms with van der Waals surface area (Å²) in [6.07, 6.45) is 2.24. The molecule has 154 valence electrons. The lowest BCUT2D eigenvalue weighted by Crippen LogP contribution is -2.60. The molecule has 0 amide bonds. The van der Waals surface area contributed by atoms with Gasteiger partial charge >= 0.3 is 0 Å². The van der Waals surface area contributed by atoms with Gasteiger partial charge in [-0.25, -0.2) is 0 Å². The van der Waals surface area contributed by atoms with E-state index in [4.69, 9.17) is 18.9 Å². The van der Waals surface area contributed by atoms with E-state index < -0.39 is 37.3 Å². The zero-order valence-corrected chi connectivity index (χ0v) is 15.8. The largest absolute Gasteiger partial charge is 0.504 e. The van der Waals surface area contributed by atoms with Crippen LogP contribution in [0.3, 0.4) is 0 Å². The Hall–Kier alpha value is -2.10. The normalized spacial score (nSPS) is 32.6. The van der Waals surface area contributed by atoms with Crippen LogP contribution in [0.4, 0.5) is 0 Å². The van der Waals surface area contributed by atoms with Crippen molar-refractivity contribution in [1.29, 1.82) is 0 Å². The zero-order chi connectivity index (χ0) is 20.3.